The highest BCUT2D eigenvalue weighted by Crippen LogP contribution is 2.26. The SMILES string of the molecule is CN1CCC(Nc2ncc3c(-c4ccc5nccn5n4)c[nH]c3n2)CC1. The third kappa shape index (κ3) is 2.68. The van der Waals surface area contributed by atoms with Crippen LogP contribution in [-0.4, -0.2) is 60.6 Å². The molecule has 4 aromatic rings. The van der Waals surface area contributed by atoms with Crippen molar-refractivity contribution in [3.63, 3.8) is 0 Å². The number of rotatable bonds is 3. The summed E-state index contributed by atoms with van der Waals surface area (Å²) in [5.41, 5.74) is 3.50. The average molecular weight is 348 g/mol. The highest BCUT2D eigenvalue weighted by molar-refractivity contribution is 5.92. The molecule has 0 radical (unpaired) electrons. The maximum atomic E-state index is 4.65. The van der Waals surface area contributed by atoms with Gasteiger partial charge in [-0.3, -0.25) is 0 Å². The number of hydrogen-bond donors (Lipinski definition) is 2. The van der Waals surface area contributed by atoms with E-state index in [-0.39, 0.29) is 0 Å². The van der Waals surface area contributed by atoms with Crippen LogP contribution in [0.4, 0.5) is 5.95 Å². The van der Waals surface area contributed by atoms with Crippen LogP contribution >= 0.6 is 0 Å². The Hall–Kier alpha value is -3.00. The molecule has 5 rings (SSSR count). The fraction of sp³-hybridized carbons (Fsp3) is 0.333. The lowest BCUT2D eigenvalue weighted by atomic mass is 10.1. The minimum absolute atomic E-state index is 0.434. The van der Waals surface area contributed by atoms with Crippen LogP contribution in [0.2, 0.25) is 0 Å². The van der Waals surface area contributed by atoms with Crippen LogP contribution in [0.25, 0.3) is 27.9 Å². The molecule has 4 aromatic heterocycles. The van der Waals surface area contributed by atoms with Gasteiger partial charge in [0.1, 0.15) is 5.65 Å². The molecule has 1 aliphatic rings. The van der Waals surface area contributed by atoms with Crippen molar-refractivity contribution >= 4 is 22.6 Å². The quantitative estimate of drug-likeness (QED) is 0.590. The van der Waals surface area contributed by atoms with Gasteiger partial charge in [0.25, 0.3) is 0 Å². The fourth-order valence-corrected chi connectivity index (χ4v) is 3.48. The molecule has 8 heteroatoms. The first-order valence-corrected chi connectivity index (χ1v) is 8.86. The third-order valence-corrected chi connectivity index (χ3v) is 5.02. The summed E-state index contributed by atoms with van der Waals surface area (Å²) in [5, 5.41) is 9.04. The number of fused-ring (bicyclic) bond motifs is 2. The largest absolute Gasteiger partial charge is 0.351 e. The molecule has 0 unspecified atom stereocenters. The van der Waals surface area contributed by atoms with Gasteiger partial charge in [0.05, 0.1) is 5.69 Å². The molecule has 0 saturated carbocycles. The zero-order valence-electron chi connectivity index (χ0n) is 14.6. The van der Waals surface area contributed by atoms with E-state index in [1.54, 1.807) is 10.7 Å². The first kappa shape index (κ1) is 15.3. The van der Waals surface area contributed by atoms with Crippen LogP contribution in [0.15, 0.2) is 36.9 Å². The van der Waals surface area contributed by atoms with Crippen LogP contribution in [0, 0.1) is 0 Å². The zero-order valence-corrected chi connectivity index (χ0v) is 14.6. The van der Waals surface area contributed by atoms with Gasteiger partial charge in [-0.1, -0.05) is 0 Å². The Kier molecular flexibility index (Phi) is 3.56. The molecule has 0 spiro atoms. The van der Waals surface area contributed by atoms with E-state index in [1.165, 1.54) is 0 Å². The molecule has 1 aliphatic heterocycles. The molecule has 1 saturated heterocycles. The van der Waals surface area contributed by atoms with E-state index < -0.39 is 0 Å². The standard InChI is InChI=1S/C18H20N8/c1-25-7-4-12(5-8-25)22-18-21-11-14-13(10-20-17(14)23-18)15-2-3-16-19-6-9-26(16)24-15/h2-3,6,9-12H,4-5,7-8H2,1H3,(H2,20,21,22,23). The van der Waals surface area contributed by atoms with Gasteiger partial charge in [-0.2, -0.15) is 10.1 Å². The highest BCUT2D eigenvalue weighted by Gasteiger charge is 2.18. The van der Waals surface area contributed by atoms with E-state index >= 15 is 0 Å². The molecule has 2 N–H and O–H groups in total. The molecule has 1 fully saturated rings. The molecule has 132 valence electrons. The number of aromatic amines is 1. The van der Waals surface area contributed by atoms with Gasteiger partial charge in [-0.25, -0.2) is 14.5 Å². The van der Waals surface area contributed by atoms with Crippen molar-refractivity contribution in [2.45, 2.75) is 18.9 Å². The Balaban J connectivity index is 1.44. The first-order valence-electron chi connectivity index (χ1n) is 8.86. The number of H-pyrrole nitrogens is 1. The summed E-state index contributed by atoms with van der Waals surface area (Å²) < 4.78 is 1.77. The smallest absolute Gasteiger partial charge is 0.224 e. The summed E-state index contributed by atoms with van der Waals surface area (Å²) in [6.45, 7) is 2.21. The van der Waals surface area contributed by atoms with Crippen LogP contribution in [0.5, 0.6) is 0 Å². The highest BCUT2D eigenvalue weighted by atomic mass is 15.2. The van der Waals surface area contributed by atoms with Crippen LogP contribution < -0.4 is 5.32 Å². The normalized spacial score (nSPS) is 16.5. The lowest BCUT2D eigenvalue weighted by Gasteiger charge is -2.29. The maximum absolute atomic E-state index is 4.65. The second-order valence-electron chi connectivity index (χ2n) is 6.83. The number of anilines is 1. The summed E-state index contributed by atoms with van der Waals surface area (Å²) >= 11 is 0. The number of aromatic nitrogens is 6. The predicted molar refractivity (Wildman–Crippen MR) is 100 cm³/mol. The van der Waals surface area contributed by atoms with Gasteiger partial charge in [-0.15, -0.1) is 0 Å². The van der Waals surface area contributed by atoms with Gasteiger partial charge >= 0.3 is 0 Å². The van der Waals surface area contributed by atoms with Gasteiger partial charge in [0.15, 0.2) is 5.65 Å². The first-order chi connectivity index (χ1) is 12.8. The van der Waals surface area contributed by atoms with Crippen molar-refractivity contribution in [2.75, 3.05) is 25.5 Å². The van der Waals surface area contributed by atoms with Gasteiger partial charge in [0, 0.05) is 41.8 Å². The van der Waals surface area contributed by atoms with E-state index in [4.69, 9.17) is 0 Å². The number of imidazole rings is 1. The summed E-state index contributed by atoms with van der Waals surface area (Å²) in [4.78, 5) is 19.0. The Morgan fingerprint density at radius 1 is 1.19 bits per heavy atom. The van der Waals surface area contributed by atoms with Gasteiger partial charge < -0.3 is 15.2 Å². The summed E-state index contributed by atoms with van der Waals surface area (Å²) in [5.74, 6) is 0.679. The van der Waals surface area contributed by atoms with Crippen molar-refractivity contribution < 1.29 is 0 Å². The van der Waals surface area contributed by atoms with Gasteiger partial charge in [0.2, 0.25) is 5.95 Å². The number of piperidine rings is 1. The van der Waals surface area contributed by atoms with Crippen molar-refractivity contribution in [2.24, 2.45) is 0 Å². The predicted octanol–water partition coefficient (Wildman–Crippen LogP) is 2.17. The second-order valence-corrected chi connectivity index (χ2v) is 6.83. The Bertz CT molecular complexity index is 1060. The fourth-order valence-electron chi connectivity index (χ4n) is 3.48. The van der Waals surface area contributed by atoms with Crippen molar-refractivity contribution in [3.8, 4) is 11.3 Å². The van der Waals surface area contributed by atoms with Crippen molar-refractivity contribution in [1.29, 1.82) is 0 Å². The van der Waals surface area contributed by atoms with Crippen molar-refractivity contribution in [3.05, 3.63) is 36.9 Å². The third-order valence-electron chi connectivity index (χ3n) is 5.02. The van der Waals surface area contributed by atoms with E-state index in [0.29, 0.717) is 12.0 Å². The zero-order chi connectivity index (χ0) is 17.5. The van der Waals surface area contributed by atoms with E-state index in [2.05, 4.69) is 42.3 Å². The van der Waals surface area contributed by atoms with E-state index in [9.17, 15) is 0 Å². The second kappa shape index (κ2) is 6.06. The molecule has 0 atom stereocenters. The summed E-state index contributed by atoms with van der Waals surface area (Å²) in [6, 6.07) is 4.36. The van der Waals surface area contributed by atoms with Crippen LogP contribution in [-0.2, 0) is 0 Å². The van der Waals surface area contributed by atoms with Crippen LogP contribution in [0.3, 0.4) is 0 Å². The minimum atomic E-state index is 0.434. The average Bonchev–Trinajstić information content (AvgIpc) is 3.29. The molecule has 0 aliphatic carbocycles. The van der Waals surface area contributed by atoms with E-state index in [1.807, 2.05) is 30.7 Å². The monoisotopic (exact) mass is 348 g/mol. The molecule has 0 amide bonds. The lowest BCUT2D eigenvalue weighted by Crippen LogP contribution is -2.37. The summed E-state index contributed by atoms with van der Waals surface area (Å²) in [7, 11) is 2.16. The van der Waals surface area contributed by atoms with Crippen molar-refractivity contribution in [1.82, 2.24) is 34.4 Å². The minimum Gasteiger partial charge on any atom is -0.351 e. The van der Waals surface area contributed by atoms with Gasteiger partial charge in [-0.05, 0) is 45.1 Å². The molecule has 8 nitrogen and oxygen atoms in total. The number of nitrogens with zero attached hydrogens (tertiary/aromatic N) is 6. The lowest BCUT2D eigenvalue weighted by molar-refractivity contribution is 0.263. The van der Waals surface area contributed by atoms with Crippen LogP contribution in [0.1, 0.15) is 12.8 Å². The number of likely N-dealkylation sites (tertiary alicyclic amines) is 1. The van der Waals surface area contributed by atoms with E-state index in [0.717, 1.165) is 53.9 Å². The molecule has 26 heavy (non-hydrogen) atoms. The molecular weight excluding hydrogens is 328 g/mol. The molecular formula is C18H20N8. The molecule has 0 aromatic carbocycles. The summed E-state index contributed by atoms with van der Waals surface area (Å²) in [6.07, 6.45) is 9.61. The number of nitrogens with one attached hydrogen (secondary N) is 2. The maximum Gasteiger partial charge on any atom is 0.224 e. The number of hydrogen-bond acceptors (Lipinski definition) is 6. The topological polar surface area (TPSA) is 87.0 Å². The Labute approximate surface area is 150 Å². The Morgan fingerprint density at radius 2 is 2.08 bits per heavy atom. The Morgan fingerprint density at radius 3 is 2.96 bits per heavy atom. The molecule has 5 heterocycles. The molecule has 0 bridgehead atoms.